The minimum Gasteiger partial charge on any atom is -0.494 e. The van der Waals surface area contributed by atoms with E-state index in [0.717, 1.165) is 11.3 Å². The number of rotatable bonds is 9. The number of carbonyl (C=O) groups is 1. The minimum absolute atomic E-state index is 0.102. The normalized spacial score (nSPS) is 10.5. The minimum atomic E-state index is -0.518. The number of methoxy groups -OCH3 is 1. The zero-order valence-corrected chi connectivity index (χ0v) is 15.6. The fourth-order valence-corrected chi connectivity index (χ4v) is 2.44. The molecule has 1 amide bonds. The van der Waals surface area contributed by atoms with Crippen LogP contribution >= 0.6 is 0 Å². The molecule has 2 aromatic carbocycles. The van der Waals surface area contributed by atoms with Crippen LogP contribution in [0.4, 0.5) is 11.4 Å². The van der Waals surface area contributed by atoms with Crippen molar-refractivity contribution >= 4 is 17.3 Å². The van der Waals surface area contributed by atoms with Crippen molar-refractivity contribution in [2.45, 2.75) is 6.92 Å². The van der Waals surface area contributed by atoms with Crippen LogP contribution in [0.3, 0.4) is 0 Å². The van der Waals surface area contributed by atoms with E-state index in [9.17, 15) is 14.9 Å². The summed E-state index contributed by atoms with van der Waals surface area (Å²) in [7, 11) is 3.21. The van der Waals surface area contributed by atoms with Gasteiger partial charge < -0.3 is 14.8 Å². The van der Waals surface area contributed by atoms with Crippen molar-refractivity contribution in [2.24, 2.45) is 0 Å². The number of non-ortho nitro benzene ring substituents is 1. The van der Waals surface area contributed by atoms with Gasteiger partial charge in [0.15, 0.2) is 0 Å². The second-order valence-electron chi connectivity index (χ2n) is 6.04. The number of likely N-dealkylation sites (N-methyl/N-ethyl adjacent to an activating group) is 1. The summed E-state index contributed by atoms with van der Waals surface area (Å²) in [5.74, 6) is 0.814. The molecule has 0 bridgehead atoms. The number of aryl methyl sites for hydroxylation is 1. The third-order valence-corrected chi connectivity index (χ3v) is 3.91. The van der Waals surface area contributed by atoms with Crippen LogP contribution in [-0.2, 0) is 4.79 Å². The van der Waals surface area contributed by atoms with Gasteiger partial charge in [0.05, 0.1) is 30.3 Å². The van der Waals surface area contributed by atoms with E-state index in [1.807, 2.05) is 43.1 Å². The number of ether oxygens (including phenoxy) is 2. The molecule has 1 N–H and O–H groups in total. The molecule has 8 heteroatoms. The molecule has 0 saturated carbocycles. The number of nitro benzene ring substituents is 1. The lowest BCUT2D eigenvalue weighted by Gasteiger charge is -2.17. The molecule has 0 aliphatic carbocycles. The fraction of sp³-hybridized carbons (Fsp3) is 0.316. The predicted octanol–water partition coefficient (Wildman–Crippen LogP) is 2.86. The Kier molecular flexibility index (Phi) is 7.13. The highest BCUT2D eigenvalue weighted by Crippen LogP contribution is 2.28. The third-order valence-electron chi connectivity index (χ3n) is 3.91. The number of nitrogens with zero attached hydrogens (tertiary/aromatic N) is 2. The molecular weight excluding hydrogens is 350 g/mol. The summed E-state index contributed by atoms with van der Waals surface area (Å²) >= 11 is 0. The number of hydrogen-bond donors (Lipinski definition) is 1. The van der Waals surface area contributed by atoms with Gasteiger partial charge in [-0.05, 0) is 31.7 Å². The number of carbonyl (C=O) groups excluding carboxylic acids is 1. The quantitative estimate of drug-likeness (QED) is 0.537. The van der Waals surface area contributed by atoms with Crippen molar-refractivity contribution in [3.05, 3.63) is 58.1 Å². The Balaban J connectivity index is 1.84. The number of nitro groups is 1. The molecule has 0 heterocycles. The molecule has 0 atom stereocenters. The van der Waals surface area contributed by atoms with Crippen molar-refractivity contribution in [1.29, 1.82) is 0 Å². The average Bonchev–Trinajstić information content (AvgIpc) is 2.63. The molecule has 0 aliphatic rings. The lowest BCUT2D eigenvalue weighted by Crippen LogP contribution is -2.33. The maximum absolute atomic E-state index is 12.2. The second-order valence-corrected chi connectivity index (χ2v) is 6.04. The molecule has 0 fully saturated rings. The van der Waals surface area contributed by atoms with E-state index in [0.29, 0.717) is 18.8 Å². The highest BCUT2D eigenvalue weighted by molar-refractivity contribution is 5.93. The van der Waals surface area contributed by atoms with Gasteiger partial charge in [-0.1, -0.05) is 18.2 Å². The average molecular weight is 373 g/mol. The van der Waals surface area contributed by atoms with Gasteiger partial charge in [0, 0.05) is 12.6 Å². The molecule has 8 nitrogen and oxygen atoms in total. The first-order chi connectivity index (χ1) is 12.9. The number of anilines is 1. The van der Waals surface area contributed by atoms with Crippen LogP contribution in [0.1, 0.15) is 5.56 Å². The van der Waals surface area contributed by atoms with E-state index in [1.165, 1.54) is 25.3 Å². The van der Waals surface area contributed by atoms with E-state index in [-0.39, 0.29) is 23.9 Å². The topological polar surface area (TPSA) is 93.9 Å². The van der Waals surface area contributed by atoms with Crippen LogP contribution in [-0.4, -0.2) is 49.6 Å². The van der Waals surface area contributed by atoms with Gasteiger partial charge in [-0.15, -0.1) is 0 Å². The van der Waals surface area contributed by atoms with Gasteiger partial charge in [0.1, 0.15) is 18.1 Å². The number of nitrogens with one attached hydrogen (secondary N) is 1. The SMILES string of the molecule is COc1cc([N+](=O)[O-])ccc1NC(=O)CN(C)CCOc1ccccc1C. The molecular formula is C19H23N3O5. The summed E-state index contributed by atoms with van der Waals surface area (Å²) in [5, 5.41) is 13.5. The summed E-state index contributed by atoms with van der Waals surface area (Å²) in [6.45, 7) is 3.15. The van der Waals surface area contributed by atoms with E-state index < -0.39 is 4.92 Å². The Hall–Kier alpha value is -3.13. The Bertz CT molecular complexity index is 810. The zero-order chi connectivity index (χ0) is 19.8. The van der Waals surface area contributed by atoms with Crippen LogP contribution in [0.2, 0.25) is 0 Å². The Morgan fingerprint density at radius 1 is 1.22 bits per heavy atom. The lowest BCUT2D eigenvalue weighted by molar-refractivity contribution is -0.384. The van der Waals surface area contributed by atoms with E-state index in [2.05, 4.69) is 5.32 Å². The van der Waals surface area contributed by atoms with Crippen molar-refractivity contribution in [3.63, 3.8) is 0 Å². The van der Waals surface area contributed by atoms with Gasteiger partial charge in [0.25, 0.3) is 5.69 Å². The first-order valence-electron chi connectivity index (χ1n) is 8.40. The van der Waals surface area contributed by atoms with Crippen LogP contribution in [0.5, 0.6) is 11.5 Å². The summed E-state index contributed by atoms with van der Waals surface area (Å²) in [4.78, 5) is 24.3. The van der Waals surface area contributed by atoms with Gasteiger partial charge in [-0.25, -0.2) is 0 Å². The summed E-state index contributed by atoms with van der Waals surface area (Å²) in [6.07, 6.45) is 0. The molecule has 2 aromatic rings. The third kappa shape index (κ3) is 5.96. The van der Waals surface area contributed by atoms with Crippen molar-refractivity contribution in [1.82, 2.24) is 4.90 Å². The molecule has 27 heavy (non-hydrogen) atoms. The smallest absolute Gasteiger partial charge is 0.273 e. The summed E-state index contributed by atoms with van der Waals surface area (Å²) in [6, 6.07) is 11.8. The second kappa shape index (κ2) is 9.54. The van der Waals surface area contributed by atoms with E-state index in [1.54, 1.807) is 0 Å². The molecule has 0 aromatic heterocycles. The summed E-state index contributed by atoms with van der Waals surface area (Å²) in [5.41, 5.74) is 1.34. The standard InChI is InChI=1S/C19H23N3O5/c1-14-6-4-5-7-17(14)27-11-10-21(2)13-19(23)20-16-9-8-15(22(24)25)12-18(16)26-3/h4-9,12H,10-11,13H2,1-3H3,(H,20,23). The molecule has 0 unspecified atom stereocenters. The Morgan fingerprint density at radius 2 is 1.96 bits per heavy atom. The molecule has 0 saturated heterocycles. The van der Waals surface area contributed by atoms with Gasteiger partial charge in [-0.3, -0.25) is 19.8 Å². The highest BCUT2D eigenvalue weighted by Gasteiger charge is 2.14. The first-order valence-corrected chi connectivity index (χ1v) is 8.40. The lowest BCUT2D eigenvalue weighted by atomic mass is 10.2. The Morgan fingerprint density at radius 3 is 2.63 bits per heavy atom. The molecule has 2 rings (SSSR count). The molecule has 144 valence electrons. The maximum atomic E-state index is 12.2. The van der Waals surface area contributed by atoms with Crippen molar-refractivity contribution in [2.75, 3.05) is 39.2 Å². The first kappa shape index (κ1) is 20.2. The molecule has 0 aliphatic heterocycles. The number of benzene rings is 2. The van der Waals surface area contributed by atoms with Crippen molar-refractivity contribution in [3.8, 4) is 11.5 Å². The van der Waals surface area contributed by atoms with Crippen LogP contribution < -0.4 is 14.8 Å². The number of hydrogen-bond acceptors (Lipinski definition) is 6. The van der Waals surface area contributed by atoms with E-state index >= 15 is 0 Å². The highest BCUT2D eigenvalue weighted by atomic mass is 16.6. The van der Waals surface area contributed by atoms with Gasteiger partial charge >= 0.3 is 0 Å². The van der Waals surface area contributed by atoms with Crippen LogP contribution in [0, 0.1) is 17.0 Å². The Labute approximate surface area is 157 Å². The predicted molar refractivity (Wildman–Crippen MR) is 102 cm³/mol. The monoisotopic (exact) mass is 373 g/mol. The molecule has 0 spiro atoms. The van der Waals surface area contributed by atoms with E-state index in [4.69, 9.17) is 9.47 Å². The van der Waals surface area contributed by atoms with Gasteiger partial charge in [0.2, 0.25) is 5.91 Å². The largest absolute Gasteiger partial charge is 0.494 e. The van der Waals surface area contributed by atoms with Gasteiger partial charge in [-0.2, -0.15) is 0 Å². The maximum Gasteiger partial charge on any atom is 0.273 e. The fourth-order valence-electron chi connectivity index (χ4n) is 2.44. The molecule has 0 radical (unpaired) electrons. The van der Waals surface area contributed by atoms with Crippen molar-refractivity contribution < 1.29 is 19.2 Å². The number of para-hydroxylation sites is 1. The zero-order valence-electron chi connectivity index (χ0n) is 15.6. The summed E-state index contributed by atoms with van der Waals surface area (Å²) < 4.78 is 10.8. The van der Waals surface area contributed by atoms with Crippen LogP contribution in [0.25, 0.3) is 0 Å². The van der Waals surface area contributed by atoms with Crippen LogP contribution in [0.15, 0.2) is 42.5 Å². The number of amides is 1.